The smallest absolute Gasteiger partial charge is 0.320 e. The normalized spacial score (nSPS) is 47.2. The fraction of sp³-hybridized carbons (Fsp3) is 0.846. The van der Waals surface area contributed by atoms with E-state index in [9.17, 15) is 9.59 Å². The molecule has 0 aromatic heterocycles. The Balaban J connectivity index is 1.96. The molecule has 0 N–H and O–H groups in total. The van der Waals surface area contributed by atoms with Crippen LogP contribution < -0.4 is 0 Å². The summed E-state index contributed by atoms with van der Waals surface area (Å²) < 4.78 is 4.97. The van der Waals surface area contributed by atoms with E-state index in [4.69, 9.17) is 4.74 Å². The molecule has 0 aromatic rings. The molecule has 3 nitrogen and oxygen atoms in total. The van der Waals surface area contributed by atoms with Crippen LogP contribution in [0.25, 0.3) is 0 Å². The van der Waals surface area contributed by atoms with E-state index < -0.39 is 5.41 Å². The fourth-order valence-corrected chi connectivity index (χ4v) is 4.12. The highest BCUT2D eigenvalue weighted by Crippen LogP contribution is 2.60. The van der Waals surface area contributed by atoms with E-state index in [0.717, 1.165) is 12.8 Å². The summed E-state index contributed by atoms with van der Waals surface area (Å²) >= 11 is 0. The molecule has 2 aliphatic carbocycles. The van der Waals surface area contributed by atoms with Gasteiger partial charge >= 0.3 is 5.97 Å². The average Bonchev–Trinajstić information content (AvgIpc) is 2.71. The van der Waals surface area contributed by atoms with E-state index in [2.05, 4.69) is 6.92 Å². The topological polar surface area (TPSA) is 43.4 Å². The maximum atomic E-state index is 11.9. The van der Waals surface area contributed by atoms with Crippen LogP contribution in [-0.2, 0) is 14.3 Å². The van der Waals surface area contributed by atoms with Crippen molar-refractivity contribution < 1.29 is 14.3 Å². The molecule has 0 radical (unpaired) electrons. The van der Waals surface area contributed by atoms with Crippen molar-refractivity contribution >= 4 is 11.8 Å². The monoisotopic (exact) mass is 222 g/mol. The van der Waals surface area contributed by atoms with Crippen molar-refractivity contribution in [1.29, 1.82) is 0 Å². The van der Waals surface area contributed by atoms with E-state index in [1.165, 1.54) is 25.7 Å². The number of fused-ring (bicyclic) bond motifs is 1. The van der Waals surface area contributed by atoms with E-state index >= 15 is 0 Å². The second-order valence-electron chi connectivity index (χ2n) is 6.06. The van der Waals surface area contributed by atoms with Gasteiger partial charge in [0.15, 0.2) is 12.4 Å². The quantitative estimate of drug-likeness (QED) is 0.465. The molecular formula is C13H18O3. The van der Waals surface area contributed by atoms with Gasteiger partial charge in [0, 0.05) is 0 Å². The molecule has 0 aromatic carbocycles. The summed E-state index contributed by atoms with van der Waals surface area (Å²) in [6.45, 7) is 2.27. The number of rotatable bonds is 0. The van der Waals surface area contributed by atoms with Crippen molar-refractivity contribution in [2.45, 2.75) is 45.4 Å². The van der Waals surface area contributed by atoms with Crippen molar-refractivity contribution in [3.8, 4) is 0 Å². The minimum atomic E-state index is -0.746. The van der Waals surface area contributed by atoms with Crippen LogP contribution in [0, 0.1) is 16.7 Å². The Labute approximate surface area is 95.5 Å². The van der Waals surface area contributed by atoms with Gasteiger partial charge in [0.2, 0.25) is 0 Å². The van der Waals surface area contributed by atoms with Gasteiger partial charge in [-0.3, -0.25) is 9.59 Å². The lowest BCUT2D eigenvalue weighted by Gasteiger charge is -2.35. The standard InChI is InChI=1S/C13H18O3/c1-12-5-3-2-4-9(12)6-13(8-12)10(14)7-16-11(13)15/h9H,2-8H2,1H3/t9-,12+,13-/m0/s1. The third kappa shape index (κ3) is 1.14. The van der Waals surface area contributed by atoms with Gasteiger partial charge in [0.05, 0.1) is 0 Å². The predicted octanol–water partition coefficient (Wildman–Crippen LogP) is 2.09. The maximum absolute atomic E-state index is 11.9. The number of cyclic esters (lactones) is 1. The number of hydrogen-bond acceptors (Lipinski definition) is 3. The summed E-state index contributed by atoms with van der Waals surface area (Å²) in [7, 11) is 0. The molecule has 3 fully saturated rings. The molecule has 3 rings (SSSR count). The number of Topliss-reactive ketones (excluding diaryl/α,β-unsaturated/α-hetero) is 1. The van der Waals surface area contributed by atoms with E-state index in [1.54, 1.807) is 0 Å². The highest BCUT2D eigenvalue weighted by molar-refractivity contribution is 6.09. The minimum Gasteiger partial charge on any atom is -0.457 e. The molecule has 16 heavy (non-hydrogen) atoms. The zero-order valence-electron chi connectivity index (χ0n) is 9.75. The van der Waals surface area contributed by atoms with Gasteiger partial charge in [-0.05, 0) is 37.0 Å². The first-order valence-corrected chi connectivity index (χ1v) is 6.27. The SMILES string of the molecule is C[C@]12CCCC[C@H]1C[C@]1(C2)C(=O)COC1=O. The Hall–Kier alpha value is -0.860. The van der Waals surface area contributed by atoms with E-state index in [1.807, 2.05) is 0 Å². The summed E-state index contributed by atoms with van der Waals surface area (Å²) in [4.78, 5) is 23.8. The third-order valence-corrected chi connectivity index (χ3v) is 5.10. The molecule has 0 amide bonds. The van der Waals surface area contributed by atoms with Crippen LogP contribution in [-0.4, -0.2) is 18.4 Å². The number of carbonyl (C=O) groups is 2. The van der Waals surface area contributed by atoms with Crippen molar-refractivity contribution in [1.82, 2.24) is 0 Å². The van der Waals surface area contributed by atoms with Crippen LogP contribution in [0.15, 0.2) is 0 Å². The predicted molar refractivity (Wildman–Crippen MR) is 57.7 cm³/mol. The first-order valence-electron chi connectivity index (χ1n) is 6.27. The van der Waals surface area contributed by atoms with Crippen LogP contribution in [0.1, 0.15) is 45.4 Å². The molecule has 1 aliphatic heterocycles. The molecular weight excluding hydrogens is 204 g/mol. The van der Waals surface area contributed by atoms with Gasteiger partial charge in [-0.2, -0.15) is 0 Å². The Kier molecular flexibility index (Phi) is 1.99. The van der Waals surface area contributed by atoms with Crippen LogP contribution in [0.5, 0.6) is 0 Å². The first-order chi connectivity index (χ1) is 7.57. The van der Waals surface area contributed by atoms with Gasteiger partial charge in [0.1, 0.15) is 5.41 Å². The van der Waals surface area contributed by atoms with Crippen molar-refractivity contribution in [2.75, 3.05) is 6.61 Å². The summed E-state index contributed by atoms with van der Waals surface area (Å²) in [6.07, 6.45) is 6.33. The van der Waals surface area contributed by atoms with Crippen molar-refractivity contribution in [3.05, 3.63) is 0 Å². The Bertz CT molecular complexity index is 344. The molecule has 3 atom stereocenters. The largest absolute Gasteiger partial charge is 0.457 e. The van der Waals surface area contributed by atoms with Gasteiger partial charge in [-0.15, -0.1) is 0 Å². The second-order valence-corrected chi connectivity index (χ2v) is 6.06. The van der Waals surface area contributed by atoms with E-state index in [0.29, 0.717) is 5.92 Å². The zero-order valence-corrected chi connectivity index (χ0v) is 9.75. The molecule has 1 spiro atoms. The van der Waals surface area contributed by atoms with E-state index in [-0.39, 0.29) is 23.8 Å². The average molecular weight is 222 g/mol. The molecule has 2 saturated carbocycles. The molecule has 3 aliphatic rings. The number of carbonyl (C=O) groups excluding carboxylic acids is 2. The van der Waals surface area contributed by atoms with Gasteiger partial charge in [-0.1, -0.05) is 19.8 Å². The lowest BCUT2D eigenvalue weighted by atomic mass is 9.69. The lowest BCUT2D eigenvalue weighted by molar-refractivity contribution is -0.147. The highest BCUT2D eigenvalue weighted by Gasteiger charge is 2.62. The highest BCUT2D eigenvalue weighted by atomic mass is 16.5. The summed E-state index contributed by atoms with van der Waals surface area (Å²) in [5.41, 5.74) is -0.541. The molecule has 1 saturated heterocycles. The number of esters is 1. The van der Waals surface area contributed by atoms with Crippen LogP contribution >= 0.6 is 0 Å². The number of hydrogen-bond donors (Lipinski definition) is 0. The molecule has 88 valence electrons. The van der Waals surface area contributed by atoms with Crippen LogP contribution in [0.3, 0.4) is 0 Å². The van der Waals surface area contributed by atoms with Crippen LogP contribution in [0.4, 0.5) is 0 Å². The van der Waals surface area contributed by atoms with Crippen LogP contribution in [0.2, 0.25) is 0 Å². The van der Waals surface area contributed by atoms with Crippen molar-refractivity contribution in [2.24, 2.45) is 16.7 Å². The number of ketones is 1. The molecule has 0 bridgehead atoms. The Morgan fingerprint density at radius 1 is 1.31 bits per heavy atom. The zero-order chi connectivity index (χ0) is 11.4. The van der Waals surface area contributed by atoms with Gasteiger partial charge in [-0.25, -0.2) is 0 Å². The van der Waals surface area contributed by atoms with Crippen molar-refractivity contribution in [3.63, 3.8) is 0 Å². The molecule has 3 heteroatoms. The molecule has 1 heterocycles. The lowest BCUT2D eigenvalue weighted by Crippen LogP contribution is -2.32. The maximum Gasteiger partial charge on any atom is 0.320 e. The summed E-state index contributed by atoms with van der Waals surface area (Å²) in [5, 5.41) is 0. The van der Waals surface area contributed by atoms with Gasteiger partial charge < -0.3 is 4.74 Å². The summed E-state index contributed by atoms with van der Waals surface area (Å²) in [5.74, 6) is 0.345. The molecule has 0 unspecified atom stereocenters. The third-order valence-electron chi connectivity index (χ3n) is 5.10. The number of ether oxygens (including phenoxy) is 1. The van der Waals surface area contributed by atoms with Gasteiger partial charge in [0.25, 0.3) is 0 Å². The summed E-state index contributed by atoms with van der Waals surface area (Å²) in [6, 6.07) is 0. The first kappa shape index (κ1) is 10.3. The fourth-order valence-electron chi connectivity index (χ4n) is 4.12. The second kappa shape index (κ2) is 3.08. The Morgan fingerprint density at radius 2 is 2.12 bits per heavy atom. The Morgan fingerprint density at radius 3 is 2.75 bits per heavy atom. The minimum absolute atomic E-state index is 0.0155.